The van der Waals surface area contributed by atoms with Crippen molar-refractivity contribution in [2.24, 2.45) is 0 Å². The first-order valence-corrected chi connectivity index (χ1v) is 8.18. The smallest absolute Gasteiger partial charge is 0.277 e. The van der Waals surface area contributed by atoms with Crippen molar-refractivity contribution in [1.82, 2.24) is 20.0 Å². The van der Waals surface area contributed by atoms with Gasteiger partial charge in [-0.15, -0.1) is 5.10 Å². The van der Waals surface area contributed by atoms with Gasteiger partial charge in [-0.25, -0.2) is 4.68 Å². The third-order valence-electron chi connectivity index (χ3n) is 4.09. The molecule has 2 aromatic heterocycles. The molecule has 0 fully saturated rings. The van der Waals surface area contributed by atoms with Crippen LogP contribution in [0.1, 0.15) is 6.42 Å². The largest absolute Gasteiger partial charge is 0.324 e. The van der Waals surface area contributed by atoms with Gasteiger partial charge >= 0.3 is 0 Å². The molecule has 1 amide bonds. The summed E-state index contributed by atoms with van der Waals surface area (Å²) in [7, 11) is 0. The van der Waals surface area contributed by atoms with Crippen LogP contribution in [0.4, 0.5) is 5.69 Å². The minimum Gasteiger partial charge on any atom is -0.324 e. The van der Waals surface area contributed by atoms with E-state index in [4.69, 9.17) is 0 Å². The number of fused-ring (bicyclic) bond motifs is 2. The van der Waals surface area contributed by atoms with Crippen molar-refractivity contribution in [1.29, 1.82) is 0 Å². The van der Waals surface area contributed by atoms with Crippen LogP contribution in [0.25, 0.3) is 21.8 Å². The minimum absolute atomic E-state index is 0.107. The number of anilines is 1. The summed E-state index contributed by atoms with van der Waals surface area (Å²) in [6, 6.07) is 16.4. The highest BCUT2D eigenvalue weighted by Gasteiger charge is 2.09. The molecule has 0 bridgehead atoms. The fraction of sp³-hybridized carbons (Fsp3) is 0.105. The van der Waals surface area contributed by atoms with Crippen molar-refractivity contribution in [2.75, 3.05) is 5.32 Å². The molecular weight excluding hydrogens is 330 g/mol. The predicted molar refractivity (Wildman–Crippen MR) is 98.8 cm³/mol. The maximum absolute atomic E-state index is 12.4. The molecule has 0 saturated carbocycles. The summed E-state index contributed by atoms with van der Waals surface area (Å²) in [5, 5.41) is 12.2. The highest BCUT2D eigenvalue weighted by atomic mass is 16.2. The van der Waals surface area contributed by atoms with Crippen LogP contribution in [-0.4, -0.2) is 25.9 Å². The number of pyridine rings is 1. The van der Waals surface area contributed by atoms with Gasteiger partial charge in [-0.1, -0.05) is 35.5 Å². The maximum atomic E-state index is 12.4. The van der Waals surface area contributed by atoms with E-state index in [0.29, 0.717) is 16.6 Å². The summed E-state index contributed by atoms with van der Waals surface area (Å²) in [4.78, 5) is 29.0. The van der Waals surface area contributed by atoms with Gasteiger partial charge in [-0.2, -0.15) is 0 Å². The Morgan fingerprint density at radius 3 is 2.81 bits per heavy atom. The van der Waals surface area contributed by atoms with Gasteiger partial charge in [0.25, 0.3) is 5.56 Å². The van der Waals surface area contributed by atoms with Gasteiger partial charge in [0.2, 0.25) is 5.91 Å². The van der Waals surface area contributed by atoms with Gasteiger partial charge in [0, 0.05) is 18.0 Å². The zero-order valence-corrected chi connectivity index (χ0v) is 13.8. The monoisotopic (exact) mass is 345 g/mol. The fourth-order valence-electron chi connectivity index (χ4n) is 2.80. The first kappa shape index (κ1) is 15.9. The molecule has 2 aromatic carbocycles. The minimum atomic E-state index is -0.254. The number of benzene rings is 2. The number of nitrogens with zero attached hydrogens (tertiary/aromatic N) is 4. The van der Waals surface area contributed by atoms with Crippen molar-refractivity contribution >= 4 is 33.4 Å². The summed E-state index contributed by atoms with van der Waals surface area (Å²) in [6.45, 7) is 0.153. The van der Waals surface area contributed by atoms with E-state index in [0.717, 1.165) is 10.9 Å². The normalized spacial score (nSPS) is 10.9. The Bertz CT molecular complexity index is 1160. The molecule has 4 rings (SSSR count). The average Bonchev–Trinajstić information content (AvgIpc) is 2.68. The average molecular weight is 345 g/mol. The molecule has 0 aliphatic rings. The fourth-order valence-corrected chi connectivity index (χ4v) is 2.80. The van der Waals surface area contributed by atoms with Crippen LogP contribution in [0.15, 0.2) is 65.6 Å². The van der Waals surface area contributed by atoms with Crippen LogP contribution in [0, 0.1) is 0 Å². The first-order chi connectivity index (χ1) is 12.7. The van der Waals surface area contributed by atoms with Crippen molar-refractivity contribution in [2.45, 2.75) is 13.0 Å². The number of amides is 1. The summed E-state index contributed by atoms with van der Waals surface area (Å²) in [5.41, 5.74) is 1.66. The summed E-state index contributed by atoms with van der Waals surface area (Å²) >= 11 is 0. The van der Waals surface area contributed by atoms with E-state index < -0.39 is 0 Å². The van der Waals surface area contributed by atoms with Crippen molar-refractivity contribution in [3.63, 3.8) is 0 Å². The van der Waals surface area contributed by atoms with Crippen LogP contribution >= 0.6 is 0 Å². The summed E-state index contributed by atoms with van der Waals surface area (Å²) < 4.78 is 1.21. The molecule has 7 nitrogen and oxygen atoms in total. The maximum Gasteiger partial charge on any atom is 0.277 e. The first-order valence-electron chi connectivity index (χ1n) is 8.18. The lowest BCUT2D eigenvalue weighted by Gasteiger charge is -2.08. The van der Waals surface area contributed by atoms with E-state index in [1.807, 2.05) is 24.3 Å². The van der Waals surface area contributed by atoms with Gasteiger partial charge < -0.3 is 5.32 Å². The van der Waals surface area contributed by atoms with Crippen LogP contribution in [0.3, 0.4) is 0 Å². The number of carbonyl (C=O) groups excluding carboxylic acids is 1. The third-order valence-corrected chi connectivity index (χ3v) is 4.09. The van der Waals surface area contributed by atoms with Crippen LogP contribution < -0.4 is 10.9 Å². The number of carbonyl (C=O) groups is 1. The lowest BCUT2D eigenvalue weighted by Crippen LogP contribution is -2.26. The highest BCUT2D eigenvalue weighted by molar-refractivity contribution is 6.00. The second-order valence-corrected chi connectivity index (χ2v) is 5.81. The zero-order chi connectivity index (χ0) is 17.9. The van der Waals surface area contributed by atoms with E-state index in [-0.39, 0.29) is 24.4 Å². The molecule has 0 atom stereocenters. The summed E-state index contributed by atoms with van der Waals surface area (Å²) in [6.07, 6.45) is 1.79. The molecule has 1 N–H and O–H groups in total. The predicted octanol–water partition coefficient (Wildman–Crippen LogP) is 2.37. The highest BCUT2D eigenvalue weighted by Crippen LogP contribution is 2.20. The quantitative estimate of drug-likeness (QED) is 0.613. The number of hydrogen-bond donors (Lipinski definition) is 1. The van der Waals surface area contributed by atoms with Crippen molar-refractivity contribution in [3.05, 3.63) is 71.1 Å². The molecule has 128 valence electrons. The molecular formula is C19H15N5O2. The number of nitrogens with one attached hydrogen (secondary N) is 1. The van der Waals surface area contributed by atoms with E-state index in [2.05, 4.69) is 20.6 Å². The Hall–Kier alpha value is -3.61. The summed E-state index contributed by atoms with van der Waals surface area (Å²) in [5.74, 6) is -0.218. The van der Waals surface area contributed by atoms with Crippen molar-refractivity contribution in [3.8, 4) is 0 Å². The van der Waals surface area contributed by atoms with Gasteiger partial charge in [0.15, 0.2) is 0 Å². The second-order valence-electron chi connectivity index (χ2n) is 5.81. The molecule has 4 aromatic rings. The standard InChI is InChI=1S/C19H15N5O2/c25-17(21-16-9-3-5-13-6-4-11-20-18(13)16)10-12-24-19(26)14-7-1-2-8-15(14)22-23-24/h1-9,11H,10,12H2,(H,21,25). The number of rotatable bonds is 4. The molecule has 0 aliphatic heterocycles. The van der Waals surface area contributed by atoms with E-state index >= 15 is 0 Å². The topological polar surface area (TPSA) is 89.8 Å². The third kappa shape index (κ3) is 3.02. The Labute approximate surface area is 148 Å². The van der Waals surface area contributed by atoms with Gasteiger partial charge in [0.05, 0.1) is 23.1 Å². The zero-order valence-electron chi connectivity index (χ0n) is 13.8. The Morgan fingerprint density at radius 1 is 1.04 bits per heavy atom. The van der Waals surface area contributed by atoms with Crippen LogP contribution in [-0.2, 0) is 11.3 Å². The molecule has 0 radical (unpaired) electrons. The molecule has 7 heteroatoms. The Balaban J connectivity index is 1.51. The number of aromatic nitrogens is 4. The van der Waals surface area contributed by atoms with E-state index in [1.165, 1.54) is 4.68 Å². The lowest BCUT2D eigenvalue weighted by atomic mass is 10.2. The van der Waals surface area contributed by atoms with Gasteiger partial charge in [-0.05, 0) is 24.3 Å². The Morgan fingerprint density at radius 2 is 1.88 bits per heavy atom. The molecule has 2 heterocycles. The number of aryl methyl sites for hydroxylation is 1. The number of para-hydroxylation sites is 1. The molecule has 0 spiro atoms. The molecule has 0 unspecified atom stereocenters. The number of hydrogen-bond acceptors (Lipinski definition) is 5. The van der Waals surface area contributed by atoms with E-state index in [9.17, 15) is 9.59 Å². The van der Waals surface area contributed by atoms with Crippen LogP contribution in [0.5, 0.6) is 0 Å². The second kappa shape index (κ2) is 6.72. The molecule has 26 heavy (non-hydrogen) atoms. The SMILES string of the molecule is O=C(CCn1nnc2ccccc2c1=O)Nc1cccc2cccnc12. The van der Waals surface area contributed by atoms with Crippen molar-refractivity contribution < 1.29 is 4.79 Å². The van der Waals surface area contributed by atoms with Gasteiger partial charge in [-0.3, -0.25) is 14.6 Å². The Kier molecular flexibility index (Phi) is 4.10. The molecule has 0 aliphatic carbocycles. The van der Waals surface area contributed by atoms with Crippen LogP contribution in [0.2, 0.25) is 0 Å². The molecule has 0 saturated heterocycles. The van der Waals surface area contributed by atoms with Gasteiger partial charge in [0.1, 0.15) is 5.52 Å². The van der Waals surface area contributed by atoms with E-state index in [1.54, 1.807) is 36.5 Å². The lowest BCUT2D eigenvalue weighted by molar-refractivity contribution is -0.116.